The molecule has 0 saturated carbocycles. The largest absolute Gasteiger partial charge is 0.453 e. The van der Waals surface area contributed by atoms with Crippen LogP contribution in [0.25, 0.3) is 0 Å². The molecule has 0 spiro atoms. The average molecular weight is 408 g/mol. The van der Waals surface area contributed by atoms with Crippen LogP contribution in [0.15, 0.2) is 24.3 Å². The van der Waals surface area contributed by atoms with E-state index in [0.29, 0.717) is 40.7 Å². The number of nitrogens with one attached hydrogen (secondary N) is 2. The van der Waals surface area contributed by atoms with E-state index in [9.17, 15) is 14.4 Å². The average Bonchev–Trinajstić information content (AvgIpc) is 3.03. The molecule has 27 heavy (non-hydrogen) atoms. The van der Waals surface area contributed by atoms with Crippen LogP contribution in [0.1, 0.15) is 31.2 Å². The van der Waals surface area contributed by atoms with Gasteiger partial charge in [0.25, 0.3) is 11.8 Å². The summed E-state index contributed by atoms with van der Waals surface area (Å²) in [5.74, 6) is -0.678. The highest BCUT2D eigenvalue weighted by atomic mass is 35.5. The van der Waals surface area contributed by atoms with Crippen LogP contribution in [0.5, 0.6) is 0 Å². The van der Waals surface area contributed by atoms with Crippen molar-refractivity contribution < 1.29 is 19.1 Å². The Morgan fingerprint density at radius 3 is 2.63 bits per heavy atom. The molecule has 0 saturated heterocycles. The molecule has 7 nitrogen and oxygen atoms in total. The van der Waals surface area contributed by atoms with Gasteiger partial charge in [0.2, 0.25) is 0 Å². The van der Waals surface area contributed by atoms with E-state index in [1.165, 1.54) is 25.5 Å². The van der Waals surface area contributed by atoms with Crippen LogP contribution in [-0.4, -0.2) is 43.5 Å². The van der Waals surface area contributed by atoms with Crippen molar-refractivity contribution in [2.75, 3.05) is 26.0 Å². The fourth-order valence-electron chi connectivity index (χ4n) is 2.96. The van der Waals surface area contributed by atoms with E-state index in [1.807, 2.05) is 0 Å². The number of thiophene rings is 1. The van der Waals surface area contributed by atoms with Gasteiger partial charge in [-0.15, -0.1) is 11.3 Å². The number of methoxy groups -OCH3 is 1. The highest BCUT2D eigenvalue weighted by Gasteiger charge is 2.30. The van der Waals surface area contributed by atoms with E-state index in [2.05, 4.69) is 10.6 Å². The van der Waals surface area contributed by atoms with Crippen molar-refractivity contribution in [1.82, 2.24) is 10.2 Å². The number of anilines is 1. The molecule has 1 aromatic carbocycles. The molecule has 2 N–H and O–H groups in total. The molecule has 1 aromatic heterocycles. The lowest BCUT2D eigenvalue weighted by Crippen LogP contribution is -2.35. The van der Waals surface area contributed by atoms with Crippen molar-refractivity contribution in [1.29, 1.82) is 0 Å². The fourth-order valence-corrected chi connectivity index (χ4v) is 4.43. The highest BCUT2D eigenvalue weighted by molar-refractivity contribution is 7.17. The van der Waals surface area contributed by atoms with Crippen molar-refractivity contribution >= 4 is 45.8 Å². The topological polar surface area (TPSA) is 87.7 Å². The molecule has 142 valence electrons. The van der Waals surface area contributed by atoms with Gasteiger partial charge in [-0.25, -0.2) is 4.79 Å². The normalized spacial score (nSPS) is 12.9. The Morgan fingerprint density at radius 2 is 1.96 bits per heavy atom. The summed E-state index contributed by atoms with van der Waals surface area (Å²) in [6.07, 6.45) is 0.0863. The molecule has 3 amide bonds. The molecule has 0 atom stereocenters. The zero-order valence-electron chi connectivity index (χ0n) is 14.8. The minimum Gasteiger partial charge on any atom is -0.453 e. The molecular formula is C18H18ClN3O4S. The van der Waals surface area contributed by atoms with E-state index in [0.717, 1.165) is 10.4 Å². The number of rotatable bonds is 3. The van der Waals surface area contributed by atoms with Crippen LogP contribution in [-0.2, 0) is 17.7 Å². The number of fused-ring (bicyclic) bond motifs is 1. The summed E-state index contributed by atoms with van der Waals surface area (Å²) in [5.41, 5.74) is 1.60. The Hall–Kier alpha value is -2.58. The summed E-state index contributed by atoms with van der Waals surface area (Å²) in [7, 11) is 2.87. The Bertz CT molecular complexity index is 912. The Labute approximate surface area is 165 Å². The second-order valence-electron chi connectivity index (χ2n) is 5.86. The van der Waals surface area contributed by atoms with Gasteiger partial charge >= 0.3 is 6.09 Å². The van der Waals surface area contributed by atoms with Crippen molar-refractivity contribution in [3.63, 3.8) is 0 Å². The van der Waals surface area contributed by atoms with Gasteiger partial charge in [0, 0.05) is 18.5 Å². The van der Waals surface area contributed by atoms with E-state index < -0.39 is 12.0 Å². The first-order valence-corrected chi connectivity index (χ1v) is 9.41. The summed E-state index contributed by atoms with van der Waals surface area (Å²) in [5, 5.41) is 6.18. The van der Waals surface area contributed by atoms with Gasteiger partial charge in [-0.05, 0) is 24.1 Å². The van der Waals surface area contributed by atoms with Crippen molar-refractivity contribution in [3.05, 3.63) is 50.9 Å². The molecule has 0 unspecified atom stereocenters. The zero-order valence-corrected chi connectivity index (χ0v) is 16.4. The lowest BCUT2D eigenvalue weighted by molar-refractivity contribution is 0.0962. The van der Waals surface area contributed by atoms with Crippen LogP contribution in [0.3, 0.4) is 0 Å². The van der Waals surface area contributed by atoms with Gasteiger partial charge in [0.05, 0.1) is 29.8 Å². The third-order valence-electron chi connectivity index (χ3n) is 4.29. The highest BCUT2D eigenvalue weighted by Crippen LogP contribution is 2.37. The lowest BCUT2D eigenvalue weighted by atomic mass is 10.0. The molecule has 2 aromatic rings. The standard InChI is InChI=1S/C18H18ClN3O4S/c1-20-16(24)14-11-7-8-22(18(25)26-2)9-13(11)27-17(14)21-15(23)10-5-3-4-6-12(10)19/h3-6H,7-9H2,1-2H3,(H,20,24)(H,21,23). The maximum atomic E-state index is 12.6. The molecule has 1 aliphatic rings. The predicted octanol–water partition coefficient (Wildman–Crippen LogP) is 3.14. The molecule has 1 aliphatic heterocycles. The second kappa shape index (κ2) is 7.98. The van der Waals surface area contributed by atoms with Gasteiger partial charge in [0.15, 0.2) is 0 Å². The first kappa shape index (κ1) is 19.2. The van der Waals surface area contributed by atoms with Gasteiger partial charge in [-0.1, -0.05) is 23.7 Å². The maximum Gasteiger partial charge on any atom is 0.409 e. The summed E-state index contributed by atoms with van der Waals surface area (Å²) < 4.78 is 4.77. The second-order valence-corrected chi connectivity index (χ2v) is 7.37. The number of amides is 3. The number of halogens is 1. The fraction of sp³-hybridized carbons (Fsp3) is 0.278. The van der Waals surface area contributed by atoms with E-state index in [1.54, 1.807) is 29.2 Å². The molecule has 0 fully saturated rings. The van der Waals surface area contributed by atoms with E-state index in [-0.39, 0.29) is 5.91 Å². The summed E-state index contributed by atoms with van der Waals surface area (Å²) in [4.78, 5) is 39.3. The molecule has 0 aliphatic carbocycles. The molecule has 0 radical (unpaired) electrons. The summed E-state index contributed by atoms with van der Waals surface area (Å²) in [6.45, 7) is 0.775. The number of ether oxygens (including phenoxy) is 1. The molecule has 0 bridgehead atoms. The maximum absolute atomic E-state index is 12.6. The van der Waals surface area contributed by atoms with Crippen LogP contribution in [0, 0.1) is 0 Å². The van der Waals surface area contributed by atoms with Gasteiger partial charge in [-0.3, -0.25) is 9.59 Å². The van der Waals surface area contributed by atoms with Crippen LogP contribution < -0.4 is 10.6 Å². The third-order valence-corrected chi connectivity index (χ3v) is 5.75. The predicted molar refractivity (Wildman–Crippen MR) is 104 cm³/mol. The van der Waals surface area contributed by atoms with Crippen molar-refractivity contribution in [2.24, 2.45) is 0 Å². The van der Waals surface area contributed by atoms with E-state index >= 15 is 0 Å². The smallest absolute Gasteiger partial charge is 0.409 e. The quantitative estimate of drug-likeness (QED) is 0.818. The Balaban J connectivity index is 1.95. The van der Waals surface area contributed by atoms with Crippen molar-refractivity contribution in [3.8, 4) is 0 Å². The van der Waals surface area contributed by atoms with Gasteiger partial charge in [-0.2, -0.15) is 0 Å². The minimum absolute atomic E-state index is 0.284. The lowest BCUT2D eigenvalue weighted by Gasteiger charge is -2.25. The first-order valence-electron chi connectivity index (χ1n) is 8.21. The van der Waals surface area contributed by atoms with E-state index in [4.69, 9.17) is 16.3 Å². The monoisotopic (exact) mass is 407 g/mol. The van der Waals surface area contributed by atoms with Crippen LogP contribution >= 0.6 is 22.9 Å². The minimum atomic E-state index is -0.419. The Morgan fingerprint density at radius 1 is 1.22 bits per heavy atom. The number of hydrogen-bond acceptors (Lipinski definition) is 5. The van der Waals surface area contributed by atoms with Gasteiger partial charge in [0.1, 0.15) is 5.00 Å². The molecule has 9 heteroatoms. The molecule has 2 heterocycles. The number of hydrogen-bond donors (Lipinski definition) is 2. The van der Waals surface area contributed by atoms with Crippen LogP contribution in [0.4, 0.5) is 9.80 Å². The SMILES string of the molecule is CNC(=O)c1c(NC(=O)c2ccccc2Cl)sc2c1CCN(C(=O)OC)C2. The summed E-state index contributed by atoms with van der Waals surface area (Å²) in [6, 6.07) is 6.70. The number of nitrogens with zero attached hydrogens (tertiary/aromatic N) is 1. The van der Waals surface area contributed by atoms with Crippen molar-refractivity contribution in [2.45, 2.75) is 13.0 Å². The molecular weight excluding hydrogens is 390 g/mol. The van der Waals surface area contributed by atoms with Gasteiger partial charge < -0.3 is 20.3 Å². The Kier molecular flexibility index (Phi) is 5.67. The third kappa shape index (κ3) is 3.77. The molecule has 3 rings (SSSR count). The number of carbonyl (C=O) groups excluding carboxylic acids is 3. The zero-order chi connectivity index (χ0) is 19.6. The van der Waals surface area contributed by atoms with Crippen LogP contribution in [0.2, 0.25) is 5.02 Å². The summed E-state index contributed by atoms with van der Waals surface area (Å²) >= 11 is 7.37. The number of carbonyl (C=O) groups is 3. The number of benzene rings is 1. The first-order chi connectivity index (χ1) is 13.0.